The second-order valence-electron chi connectivity index (χ2n) is 6.35. The summed E-state index contributed by atoms with van der Waals surface area (Å²) in [5, 5.41) is 17.6. The molecule has 0 aliphatic rings. The van der Waals surface area contributed by atoms with Crippen molar-refractivity contribution in [2.45, 2.75) is 32.5 Å². The molecule has 10 heteroatoms. The van der Waals surface area contributed by atoms with Gasteiger partial charge in [0.15, 0.2) is 11.0 Å². The Morgan fingerprint density at radius 1 is 1.28 bits per heavy atom. The summed E-state index contributed by atoms with van der Waals surface area (Å²) in [7, 11) is 1.88. The molecule has 1 aromatic carbocycles. The number of carbonyl (C=O) groups excluding carboxylic acids is 1. The third-order valence-electron chi connectivity index (χ3n) is 4.39. The Morgan fingerprint density at radius 3 is 2.66 bits per heavy atom. The first kappa shape index (κ1) is 21.3. The highest BCUT2D eigenvalue weighted by Gasteiger charge is 2.13. The van der Waals surface area contributed by atoms with Crippen molar-refractivity contribution in [1.29, 1.82) is 0 Å². The van der Waals surface area contributed by atoms with Gasteiger partial charge in [0.1, 0.15) is 0 Å². The minimum Gasteiger partial charge on any atom is -0.305 e. The van der Waals surface area contributed by atoms with Crippen molar-refractivity contribution in [1.82, 2.24) is 30.0 Å². The summed E-state index contributed by atoms with van der Waals surface area (Å²) in [5.41, 5.74) is 6.35. The summed E-state index contributed by atoms with van der Waals surface area (Å²) < 4.78 is 4.78. The van der Waals surface area contributed by atoms with E-state index in [1.165, 1.54) is 11.8 Å². The number of amides is 1. The predicted molar refractivity (Wildman–Crippen MR) is 118 cm³/mol. The van der Waals surface area contributed by atoms with Gasteiger partial charge in [-0.1, -0.05) is 39.8 Å². The molecule has 0 atom stereocenters. The van der Waals surface area contributed by atoms with E-state index in [9.17, 15) is 4.79 Å². The lowest BCUT2D eigenvalue weighted by Gasteiger charge is -2.04. The minimum atomic E-state index is -0.211. The molecule has 1 amide bonds. The number of nitrogens with one attached hydrogen (secondary N) is 1. The highest BCUT2D eigenvalue weighted by Crippen LogP contribution is 2.23. The molecule has 0 unspecified atom stereocenters. The van der Waals surface area contributed by atoms with Crippen LogP contribution in [0, 0.1) is 13.8 Å². The Balaban J connectivity index is 1.57. The lowest BCUT2D eigenvalue weighted by Crippen LogP contribution is -2.20. The van der Waals surface area contributed by atoms with Crippen LogP contribution in [-0.4, -0.2) is 42.4 Å². The van der Waals surface area contributed by atoms with Gasteiger partial charge in [-0.3, -0.25) is 9.48 Å². The molecule has 0 saturated heterocycles. The van der Waals surface area contributed by atoms with Crippen molar-refractivity contribution in [3.8, 4) is 11.4 Å². The molecule has 2 aromatic heterocycles. The molecule has 0 aliphatic carbocycles. The van der Waals surface area contributed by atoms with Gasteiger partial charge in [0.25, 0.3) is 5.91 Å². The quantitative estimate of drug-likeness (QED) is 0.321. The molecule has 29 heavy (non-hydrogen) atoms. The van der Waals surface area contributed by atoms with Gasteiger partial charge in [-0.15, -0.1) is 10.2 Å². The monoisotopic (exact) mass is 475 g/mol. The summed E-state index contributed by atoms with van der Waals surface area (Å²) in [6.07, 6.45) is 1.64. The smallest absolute Gasteiger partial charge is 0.250 e. The maximum atomic E-state index is 12.1. The predicted octanol–water partition coefficient (Wildman–Crippen LogP) is 3.32. The molecule has 152 valence electrons. The number of carbonyl (C=O) groups is 1. The topological polar surface area (TPSA) is 90.0 Å². The number of aromatic nitrogens is 5. The Labute approximate surface area is 181 Å². The fourth-order valence-electron chi connectivity index (χ4n) is 2.83. The highest BCUT2D eigenvalue weighted by molar-refractivity contribution is 9.10. The summed E-state index contributed by atoms with van der Waals surface area (Å²) in [6, 6.07) is 7.84. The van der Waals surface area contributed by atoms with Crippen molar-refractivity contribution in [3.63, 3.8) is 0 Å². The second kappa shape index (κ2) is 9.36. The van der Waals surface area contributed by atoms with Crippen LogP contribution in [-0.2, 0) is 18.4 Å². The molecule has 2 heterocycles. The van der Waals surface area contributed by atoms with Crippen LogP contribution in [0.25, 0.3) is 11.4 Å². The average molecular weight is 476 g/mol. The van der Waals surface area contributed by atoms with Crippen LogP contribution in [0.3, 0.4) is 0 Å². The van der Waals surface area contributed by atoms with Crippen LogP contribution in [0.4, 0.5) is 0 Å². The van der Waals surface area contributed by atoms with Crippen molar-refractivity contribution < 1.29 is 4.79 Å². The summed E-state index contributed by atoms with van der Waals surface area (Å²) in [5.74, 6) is 0.727. The molecule has 0 spiro atoms. The number of aryl methyl sites for hydroxylation is 2. The van der Waals surface area contributed by atoms with E-state index in [0.29, 0.717) is 5.16 Å². The van der Waals surface area contributed by atoms with Crippen LogP contribution in [0.15, 0.2) is 39.0 Å². The van der Waals surface area contributed by atoms with Gasteiger partial charge in [0, 0.05) is 34.9 Å². The number of hydrogen-bond donors (Lipinski definition) is 1. The molecule has 3 rings (SSSR count). The first-order chi connectivity index (χ1) is 13.9. The van der Waals surface area contributed by atoms with Gasteiger partial charge in [0.2, 0.25) is 0 Å². The lowest BCUT2D eigenvalue weighted by molar-refractivity contribution is -0.118. The number of benzene rings is 1. The summed E-state index contributed by atoms with van der Waals surface area (Å²) >= 11 is 4.73. The molecule has 0 bridgehead atoms. The molecule has 8 nitrogen and oxygen atoms in total. The Morgan fingerprint density at radius 2 is 2.00 bits per heavy atom. The van der Waals surface area contributed by atoms with Crippen LogP contribution in [0.1, 0.15) is 23.9 Å². The zero-order valence-electron chi connectivity index (χ0n) is 16.7. The number of hydrogen-bond acceptors (Lipinski definition) is 6. The number of rotatable bonds is 7. The minimum absolute atomic E-state index is 0.190. The van der Waals surface area contributed by atoms with Crippen LogP contribution < -0.4 is 5.43 Å². The van der Waals surface area contributed by atoms with Crippen LogP contribution >= 0.6 is 27.7 Å². The maximum Gasteiger partial charge on any atom is 0.250 e. The molecule has 0 radical (unpaired) electrons. The van der Waals surface area contributed by atoms with Crippen LogP contribution in [0.2, 0.25) is 0 Å². The van der Waals surface area contributed by atoms with E-state index in [2.05, 4.69) is 41.8 Å². The van der Waals surface area contributed by atoms with Crippen molar-refractivity contribution in [3.05, 3.63) is 45.7 Å². The fraction of sp³-hybridized carbons (Fsp3) is 0.316. The molecule has 0 saturated carbocycles. The summed E-state index contributed by atoms with van der Waals surface area (Å²) in [6.45, 7) is 6.74. The number of nitrogens with zero attached hydrogens (tertiary/aromatic N) is 6. The normalized spacial score (nSPS) is 11.3. The largest absolute Gasteiger partial charge is 0.305 e. The zero-order valence-corrected chi connectivity index (χ0v) is 19.1. The van der Waals surface area contributed by atoms with Gasteiger partial charge in [0.05, 0.1) is 17.7 Å². The molecule has 3 aromatic rings. The standard InChI is InChI=1S/C19H22BrN7OS/c1-5-27-13(3)16(12(2)25-27)10-21-22-17(28)11-29-19-24-23-18(26(19)4)14-6-8-15(20)9-7-14/h6-10H,5,11H2,1-4H3,(H,22,28). The van der Waals surface area contributed by atoms with E-state index >= 15 is 0 Å². The van der Waals surface area contributed by atoms with Crippen molar-refractivity contribution in [2.75, 3.05) is 5.75 Å². The molecular weight excluding hydrogens is 454 g/mol. The van der Waals surface area contributed by atoms with Crippen molar-refractivity contribution in [2.24, 2.45) is 12.1 Å². The number of hydrazone groups is 1. The molecule has 1 N–H and O–H groups in total. The molecular formula is C19H22BrN7OS. The zero-order chi connectivity index (χ0) is 21.0. The van der Waals surface area contributed by atoms with Gasteiger partial charge < -0.3 is 4.57 Å². The van der Waals surface area contributed by atoms with E-state index < -0.39 is 0 Å². The molecule has 0 fully saturated rings. The van der Waals surface area contributed by atoms with E-state index in [-0.39, 0.29) is 11.7 Å². The lowest BCUT2D eigenvalue weighted by atomic mass is 10.2. The Hall–Kier alpha value is -2.46. The van der Waals surface area contributed by atoms with Gasteiger partial charge in [-0.25, -0.2) is 5.43 Å². The number of halogens is 1. The van der Waals surface area contributed by atoms with Gasteiger partial charge in [-0.2, -0.15) is 10.2 Å². The number of thioether (sulfide) groups is 1. The maximum absolute atomic E-state index is 12.1. The summed E-state index contributed by atoms with van der Waals surface area (Å²) in [4.78, 5) is 12.1. The Bertz CT molecular complexity index is 1040. The first-order valence-corrected chi connectivity index (χ1v) is 10.8. The van der Waals surface area contributed by atoms with Crippen molar-refractivity contribution >= 4 is 39.8 Å². The fourth-order valence-corrected chi connectivity index (χ4v) is 3.80. The van der Waals surface area contributed by atoms with E-state index in [1.54, 1.807) is 6.21 Å². The van der Waals surface area contributed by atoms with Gasteiger partial charge in [-0.05, 0) is 32.9 Å². The van der Waals surface area contributed by atoms with Gasteiger partial charge >= 0.3 is 0 Å². The third kappa shape index (κ3) is 4.94. The van der Waals surface area contributed by atoms with E-state index in [4.69, 9.17) is 0 Å². The van der Waals surface area contributed by atoms with E-state index in [0.717, 1.165) is 39.4 Å². The first-order valence-electron chi connectivity index (χ1n) is 9.04. The second-order valence-corrected chi connectivity index (χ2v) is 8.21. The Kier molecular flexibility index (Phi) is 6.86. The highest BCUT2D eigenvalue weighted by atomic mass is 79.9. The average Bonchev–Trinajstić information content (AvgIpc) is 3.20. The molecule has 0 aliphatic heterocycles. The SMILES string of the molecule is CCn1nc(C)c(C=NNC(=O)CSc2nnc(-c3ccc(Br)cc3)n2C)c1C. The van der Waals surface area contributed by atoms with E-state index in [1.807, 2.05) is 61.3 Å². The third-order valence-corrected chi connectivity index (χ3v) is 5.94. The van der Waals surface area contributed by atoms with Crippen LogP contribution in [0.5, 0.6) is 0 Å².